The second-order valence-electron chi connectivity index (χ2n) is 5.99. The SMILES string of the molecule is CC(=O)N(C)c1ccc(N(C(=O)CC2C=CCC2)S(C)(=O)=O)cc1. The van der Waals surface area contributed by atoms with E-state index >= 15 is 0 Å². The van der Waals surface area contributed by atoms with Gasteiger partial charge in [0.25, 0.3) is 0 Å². The van der Waals surface area contributed by atoms with Crippen LogP contribution in [0.5, 0.6) is 0 Å². The molecule has 0 N–H and O–H groups in total. The molecule has 24 heavy (non-hydrogen) atoms. The standard InChI is InChI=1S/C17H22N2O4S/c1-13(20)18(2)15-8-10-16(11-9-15)19(24(3,22)23)17(21)12-14-6-4-5-7-14/h4,6,8-11,14H,5,7,12H2,1-3H3. The van der Waals surface area contributed by atoms with Crippen molar-refractivity contribution in [2.75, 3.05) is 22.5 Å². The Labute approximate surface area is 142 Å². The quantitative estimate of drug-likeness (QED) is 0.764. The van der Waals surface area contributed by atoms with Crippen molar-refractivity contribution in [1.29, 1.82) is 0 Å². The van der Waals surface area contributed by atoms with Crippen LogP contribution in [0.1, 0.15) is 26.2 Å². The lowest BCUT2D eigenvalue weighted by atomic mass is 10.1. The van der Waals surface area contributed by atoms with Crippen LogP contribution in [0, 0.1) is 5.92 Å². The van der Waals surface area contributed by atoms with Crippen LogP contribution in [0.3, 0.4) is 0 Å². The number of nitrogens with zero attached hydrogens (tertiary/aromatic N) is 2. The molecule has 0 aliphatic heterocycles. The first-order valence-electron chi connectivity index (χ1n) is 7.74. The molecule has 0 saturated heterocycles. The van der Waals surface area contributed by atoms with Gasteiger partial charge in [-0.2, -0.15) is 0 Å². The van der Waals surface area contributed by atoms with E-state index in [2.05, 4.69) is 0 Å². The van der Waals surface area contributed by atoms with Crippen LogP contribution in [0.2, 0.25) is 0 Å². The number of rotatable bonds is 5. The molecule has 0 radical (unpaired) electrons. The molecular formula is C17H22N2O4S. The number of allylic oxidation sites excluding steroid dienone is 2. The molecule has 1 aromatic carbocycles. The molecule has 0 heterocycles. The maximum atomic E-state index is 12.5. The Kier molecular flexibility index (Phi) is 5.43. The monoisotopic (exact) mass is 350 g/mol. The summed E-state index contributed by atoms with van der Waals surface area (Å²) < 4.78 is 25.0. The van der Waals surface area contributed by atoms with Gasteiger partial charge in [0.05, 0.1) is 11.9 Å². The fourth-order valence-corrected chi connectivity index (χ4v) is 3.64. The number of hydrogen-bond donors (Lipinski definition) is 0. The third kappa shape index (κ3) is 4.23. The van der Waals surface area contributed by atoms with Gasteiger partial charge in [-0.15, -0.1) is 0 Å². The van der Waals surface area contributed by atoms with Gasteiger partial charge in [-0.05, 0) is 43.0 Å². The summed E-state index contributed by atoms with van der Waals surface area (Å²) in [5.74, 6) is -0.488. The molecule has 1 aliphatic rings. The number of amides is 2. The summed E-state index contributed by atoms with van der Waals surface area (Å²) in [7, 11) is -2.10. The predicted molar refractivity (Wildman–Crippen MR) is 94.3 cm³/mol. The molecule has 1 aliphatic carbocycles. The van der Waals surface area contributed by atoms with E-state index in [1.807, 2.05) is 12.2 Å². The van der Waals surface area contributed by atoms with E-state index in [0.717, 1.165) is 23.4 Å². The maximum Gasteiger partial charge on any atom is 0.241 e. The van der Waals surface area contributed by atoms with Crippen LogP contribution in [0.15, 0.2) is 36.4 Å². The zero-order chi connectivity index (χ0) is 17.9. The van der Waals surface area contributed by atoms with E-state index in [-0.39, 0.29) is 23.9 Å². The topological polar surface area (TPSA) is 74.8 Å². The van der Waals surface area contributed by atoms with Gasteiger partial charge >= 0.3 is 0 Å². The molecule has 0 aromatic heterocycles. The summed E-state index contributed by atoms with van der Waals surface area (Å²) in [4.78, 5) is 25.3. The summed E-state index contributed by atoms with van der Waals surface area (Å²) in [5.41, 5.74) is 0.913. The first-order chi connectivity index (χ1) is 11.2. The molecule has 0 fully saturated rings. The molecule has 130 valence electrons. The van der Waals surface area contributed by atoms with Crippen LogP contribution in [-0.2, 0) is 19.6 Å². The minimum absolute atomic E-state index is 0.0878. The molecule has 2 rings (SSSR count). The molecule has 0 bridgehead atoms. The molecule has 6 nitrogen and oxygen atoms in total. The second-order valence-corrected chi connectivity index (χ2v) is 7.82. The van der Waals surface area contributed by atoms with E-state index in [1.54, 1.807) is 19.2 Å². The number of carbonyl (C=O) groups excluding carboxylic acids is 2. The van der Waals surface area contributed by atoms with Crippen molar-refractivity contribution >= 4 is 33.2 Å². The van der Waals surface area contributed by atoms with Crippen LogP contribution in [0.4, 0.5) is 11.4 Å². The van der Waals surface area contributed by atoms with E-state index in [1.165, 1.54) is 24.0 Å². The van der Waals surface area contributed by atoms with Gasteiger partial charge in [0, 0.05) is 26.1 Å². The van der Waals surface area contributed by atoms with E-state index in [0.29, 0.717) is 5.69 Å². The summed E-state index contributed by atoms with van der Waals surface area (Å²) >= 11 is 0. The first-order valence-corrected chi connectivity index (χ1v) is 9.59. The largest absolute Gasteiger partial charge is 0.316 e. The highest BCUT2D eigenvalue weighted by molar-refractivity contribution is 7.92. The normalized spacial score (nSPS) is 16.9. The van der Waals surface area contributed by atoms with Gasteiger partial charge in [0.2, 0.25) is 21.8 Å². The van der Waals surface area contributed by atoms with Gasteiger partial charge in [-0.1, -0.05) is 12.2 Å². The highest BCUT2D eigenvalue weighted by atomic mass is 32.2. The Hall–Kier alpha value is -2.15. The van der Waals surface area contributed by atoms with Crippen molar-refractivity contribution in [3.8, 4) is 0 Å². The number of carbonyl (C=O) groups is 2. The average molecular weight is 350 g/mol. The molecule has 0 spiro atoms. The van der Waals surface area contributed by atoms with Crippen LogP contribution in [-0.4, -0.2) is 33.5 Å². The zero-order valence-electron chi connectivity index (χ0n) is 14.1. The third-order valence-electron chi connectivity index (χ3n) is 4.05. The van der Waals surface area contributed by atoms with Gasteiger partial charge in [0.1, 0.15) is 0 Å². The number of hydrogen-bond acceptors (Lipinski definition) is 4. The van der Waals surface area contributed by atoms with Gasteiger partial charge < -0.3 is 4.90 Å². The molecule has 1 unspecified atom stereocenters. The molecule has 1 atom stereocenters. The van der Waals surface area contributed by atoms with E-state index < -0.39 is 15.9 Å². The highest BCUT2D eigenvalue weighted by Crippen LogP contribution is 2.26. The van der Waals surface area contributed by atoms with Gasteiger partial charge in [-0.25, -0.2) is 12.7 Å². The lowest BCUT2D eigenvalue weighted by Gasteiger charge is -2.23. The third-order valence-corrected chi connectivity index (χ3v) is 5.13. The van der Waals surface area contributed by atoms with Crippen LogP contribution >= 0.6 is 0 Å². The highest BCUT2D eigenvalue weighted by Gasteiger charge is 2.27. The average Bonchev–Trinajstić information content (AvgIpc) is 2.98. The fourth-order valence-electron chi connectivity index (χ4n) is 2.69. The van der Waals surface area contributed by atoms with Crippen LogP contribution in [0.25, 0.3) is 0 Å². The Bertz CT molecular complexity index is 753. The minimum atomic E-state index is -3.73. The molecule has 7 heteroatoms. The van der Waals surface area contributed by atoms with Gasteiger partial charge in [-0.3, -0.25) is 9.59 Å². The summed E-state index contributed by atoms with van der Waals surface area (Å²) in [5, 5.41) is 0. The first kappa shape index (κ1) is 18.2. The predicted octanol–water partition coefficient (Wildman–Crippen LogP) is 2.32. The minimum Gasteiger partial charge on any atom is -0.316 e. The van der Waals surface area contributed by atoms with E-state index in [4.69, 9.17) is 0 Å². The fraction of sp³-hybridized carbons (Fsp3) is 0.412. The lowest BCUT2D eigenvalue weighted by molar-refractivity contribution is -0.118. The molecule has 0 saturated carbocycles. The Morgan fingerprint density at radius 2 is 1.75 bits per heavy atom. The number of benzene rings is 1. The Balaban J connectivity index is 2.26. The molecular weight excluding hydrogens is 328 g/mol. The maximum absolute atomic E-state index is 12.5. The lowest BCUT2D eigenvalue weighted by Crippen LogP contribution is -2.37. The van der Waals surface area contributed by atoms with Crippen molar-refractivity contribution in [3.05, 3.63) is 36.4 Å². The smallest absolute Gasteiger partial charge is 0.241 e. The Morgan fingerprint density at radius 1 is 1.17 bits per heavy atom. The number of sulfonamides is 1. The second kappa shape index (κ2) is 7.17. The van der Waals surface area contributed by atoms with Crippen molar-refractivity contribution in [2.24, 2.45) is 5.92 Å². The number of anilines is 2. The van der Waals surface area contributed by atoms with Crippen molar-refractivity contribution in [3.63, 3.8) is 0 Å². The van der Waals surface area contributed by atoms with Crippen molar-refractivity contribution < 1.29 is 18.0 Å². The van der Waals surface area contributed by atoms with Crippen molar-refractivity contribution in [2.45, 2.75) is 26.2 Å². The summed E-state index contributed by atoms with van der Waals surface area (Å²) in [6, 6.07) is 6.33. The van der Waals surface area contributed by atoms with Gasteiger partial charge in [0.15, 0.2) is 0 Å². The molecule has 2 amide bonds. The summed E-state index contributed by atoms with van der Waals surface area (Å²) in [6.45, 7) is 1.44. The van der Waals surface area contributed by atoms with Crippen LogP contribution < -0.4 is 9.21 Å². The van der Waals surface area contributed by atoms with E-state index in [9.17, 15) is 18.0 Å². The summed E-state index contributed by atoms with van der Waals surface area (Å²) in [6.07, 6.45) is 6.94. The van der Waals surface area contributed by atoms with Crippen molar-refractivity contribution in [1.82, 2.24) is 0 Å². The zero-order valence-corrected chi connectivity index (χ0v) is 14.9. The molecule has 1 aromatic rings. The Morgan fingerprint density at radius 3 is 2.21 bits per heavy atom.